The van der Waals surface area contributed by atoms with Crippen molar-refractivity contribution < 1.29 is 9.47 Å². The summed E-state index contributed by atoms with van der Waals surface area (Å²) in [5.74, 6) is 0.860. The summed E-state index contributed by atoms with van der Waals surface area (Å²) in [6.07, 6.45) is 3.23. The minimum Gasteiger partial charge on any atom is -0.376 e. The molecule has 1 aromatic rings. The van der Waals surface area contributed by atoms with Gasteiger partial charge in [0.1, 0.15) is 0 Å². The van der Waals surface area contributed by atoms with E-state index < -0.39 is 0 Å². The Kier molecular flexibility index (Phi) is 8.13. The Morgan fingerprint density at radius 1 is 1.11 bits per heavy atom. The molecule has 0 spiro atoms. The molecule has 2 heterocycles. The molecule has 156 valence electrons. The molecule has 2 fully saturated rings. The van der Waals surface area contributed by atoms with Gasteiger partial charge in [0.15, 0.2) is 5.96 Å². The van der Waals surface area contributed by atoms with Crippen LogP contribution in [0.2, 0.25) is 0 Å². The lowest BCUT2D eigenvalue weighted by molar-refractivity contribution is -0.0704. The number of ether oxygens (including phenoxy) is 2. The van der Waals surface area contributed by atoms with Gasteiger partial charge in [0, 0.05) is 39.3 Å². The molecule has 3 rings (SSSR count). The Morgan fingerprint density at radius 3 is 2.46 bits per heavy atom. The third-order valence-corrected chi connectivity index (χ3v) is 5.21. The van der Waals surface area contributed by atoms with E-state index in [-0.39, 0.29) is 0 Å². The van der Waals surface area contributed by atoms with Gasteiger partial charge in [0.25, 0.3) is 0 Å². The topological polar surface area (TPSA) is 58.1 Å². The first-order valence-corrected chi connectivity index (χ1v) is 10.7. The van der Waals surface area contributed by atoms with Crippen LogP contribution in [0.25, 0.3) is 0 Å². The number of benzene rings is 1. The molecular formula is C22H36N4O2. The van der Waals surface area contributed by atoms with E-state index in [1.165, 1.54) is 11.1 Å². The van der Waals surface area contributed by atoms with Gasteiger partial charge in [-0.25, -0.2) is 4.99 Å². The first kappa shape index (κ1) is 21.1. The Morgan fingerprint density at radius 2 is 1.82 bits per heavy atom. The lowest BCUT2D eigenvalue weighted by atomic mass is 10.1. The van der Waals surface area contributed by atoms with Crippen LogP contribution >= 0.6 is 0 Å². The van der Waals surface area contributed by atoms with Crippen molar-refractivity contribution in [2.24, 2.45) is 4.99 Å². The molecule has 2 aliphatic heterocycles. The van der Waals surface area contributed by atoms with Crippen molar-refractivity contribution in [3.63, 3.8) is 0 Å². The number of nitrogens with zero attached hydrogens (tertiary/aromatic N) is 2. The monoisotopic (exact) mass is 388 g/mol. The molecule has 0 amide bonds. The van der Waals surface area contributed by atoms with Crippen LogP contribution in [0, 0.1) is 0 Å². The van der Waals surface area contributed by atoms with Gasteiger partial charge in [-0.3, -0.25) is 4.90 Å². The highest BCUT2D eigenvalue weighted by Crippen LogP contribution is 2.15. The van der Waals surface area contributed by atoms with Crippen LogP contribution in [0.5, 0.6) is 0 Å². The second kappa shape index (κ2) is 10.8. The van der Waals surface area contributed by atoms with E-state index >= 15 is 0 Å². The Hall–Kier alpha value is -1.63. The fourth-order valence-electron chi connectivity index (χ4n) is 3.95. The summed E-state index contributed by atoms with van der Waals surface area (Å²) < 4.78 is 11.5. The average Bonchev–Trinajstić information content (AvgIpc) is 3.18. The van der Waals surface area contributed by atoms with Gasteiger partial charge in [-0.15, -0.1) is 0 Å². The Balaban J connectivity index is 1.49. The first-order valence-electron chi connectivity index (χ1n) is 10.7. The van der Waals surface area contributed by atoms with Gasteiger partial charge in [-0.05, 0) is 44.7 Å². The molecule has 0 aliphatic carbocycles. The van der Waals surface area contributed by atoms with Crippen LogP contribution in [0.1, 0.15) is 44.7 Å². The zero-order valence-electron chi connectivity index (χ0n) is 17.6. The second-order valence-electron chi connectivity index (χ2n) is 7.98. The van der Waals surface area contributed by atoms with Gasteiger partial charge in [0.05, 0.1) is 24.9 Å². The fourth-order valence-corrected chi connectivity index (χ4v) is 3.95. The van der Waals surface area contributed by atoms with Crippen LogP contribution in [0.3, 0.4) is 0 Å². The van der Waals surface area contributed by atoms with Crippen molar-refractivity contribution in [3.8, 4) is 0 Å². The number of nitrogens with one attached hydrogen (secondary N) is 2. The van der Waals surface area contributed by atoms with Crippen LogP contribution < -0.4 is 10.6 Å². The third-order valence-electron chi connectivity index (χ3n) is 5.21. The highest BCUT2D eigenvalue weighted by Gasteiger charge is 2.22. The molecular weight excluding hydrogens is 352 g/mol. The quantitative estimate of drug-likeness (QED) is 0.555. The zero-order chi connectivity index (χ0) is 19.8. The lowest BCUT2D eigenvalue weighted by Gasteiger charge is -2.35. The fraction of sp³-hybridized carbons (Fsp3) is 0.682. The van der Waals surface area contributed by atoms with Crippen molar-refractivity contribution in [3.05, 3.63) is 35.4 Å². The maximum absolute atomic E-state index is 5.82. The molecule has 2 aliphatic rings. The molecule has 6 heteroatoms. The van der Waals surface area contributed by atoms with Gasteiger partial charge in [-0.2, -0.15) is 0 Å². The first-order chi connectivity index (χ1) is 13.6. The molecule has 0 aromatic heterocycles. The molecule has 3 unspecified atom stereocenters. The van der Waals surface area contributed by atoms with Crippen LogP contribution in [0.4, 0.5) is 0 Å². The molecule has 2 N–H and O–H groups in total. The number of guanidine groups is 1. The van der Waals surface area contributed by atoms with Crippen molar-refractivity contribution in [1.82, 2.24) is 15.5 Å². The number of hydrogen-bond acceptors (Lipinski definition) is 4. The average molecular weight is 389 g/mol. The van der Waals surface area contributed by atoms with Gasteiger partial charge in [0.2, 0.25) is 0 Å². The molecule has 0 bridgehead atoms. The number of hydrogen-bond donors (Lipinski definition) is 2. The molecule has 1 aromatic carbocycles. The Labute approximate surface area is 169 Å². The standard InChI is InChI=1S/C22H36N4O2/c1-4-23-22(25-13-21-6-5-11-27-21)24-12-19-7-9-20(10-8-19)16-26-14-17(2)28-18(3)15-26/h7-10,17-18,21H,4-6,11-16H2,1-3H3,(H2,23,24,25). The largest absolute Gasteiger partial charge is 0.376 e. The summed E-state index contributed by atoms with van der Waals surface area (Å²) in [7, 11) is 0. The normalized spacial score (nSPS) is 26.4. The van der Waals surface area contributed by atoms with E-state index in [0.717, 1.165) is 58.1 Å². The van der Waals surface area contributed by atoms with Crippen molar-refractivity contribution in [2.75, 3.05) is 32.8 Å². The summed E-state index contributed by atoms with van der Waals surface area (Å²) in [5, 5.41) is 6.72. The highest BCUT2D eigenvalue weighted by atomic mass is 16.5. The predicted octanol–water partition coefficient (Wildman–Crippen LogP) is 2.53. The summed E-state index contributed by atoms with van der Waals surface area (Å²) in [5.41, 5.74) is 2.57. The minimum atomic E-state index is 0.309. The number of aliphatic imine (C=N–C) groups is 1. The predicted molar refractivity (Wildman–Crippen MR) is 114 cm³/mol. The van der Waals surface area contributed by atoms with Crippen molar-refractivity contribution in [2.45, 2.75) is 65.0 Å². The van der Waals surface area contributed by atoms with E-state index in [9.17, 15) is 0 Å². The van der Waals surface area contributed by atoms with E-state index in [0.29, 0.717) is 24.9 Å². The van der Waals surface area contributed by atoms with Crippen molar-refractivity contribution in [1.29, 1.82) is 0 Å². The summed E-state index contributed by atoms with van der Waals surface area (Å²) in [6, 6.07) is 8.83. The maximum Gasteiger partial charge on any atom is 0.191 e. The van der Waals surface area contributed by atoms with E-state index in [2.05, 4.69) is 60.6 Å². The molecule has 0 saturated carbocycles. The van der Waals surface area contributed by atoms with Gasteiger partial charge < -0.3 is 20.1 Å². The SMILES string of the molecule is CCNC(=NCc1ccc(CN2CC(C)OC(C)C2)cc1)NCC1CCCO1. The highest BCUT2D eigenvalue weighted by molar-refractivity contribution is 5.79. The summed E-state index contributed by atoms with van der Waals surface area (Å²) in [6.45, 7) is 12.6. The number of rotatable bonds is 7. The van der Waals surface area contributed by atoms with Crippen molar-refractivity contribution >= 4 is 5.96 Å². The van der Waals surface area contributed by atoms with Gasteiger partial charge in [-0.1, -0.05) is 24.3 Å². The molecule has 28 heavy (non-hydrogen) atoms. The second-order valence-corrected chi connectivity index (χ2v) is 7.98. The van der Waals surface area contributed by atoms with E-state index in [1.807, 2.05) is 0 Å². The van der Waals surface area contributed by atoms with Gasteiger partial charge >= 0.3 is 0 Å². The Bertz CT molecular complexity index is 603. The third kappa shape index (κ3) is 6.76. The summed E-state index contributed by atoms with van der Waals surface area (Å²) >= 11 is 0. The smallest absolute Gasteiger partial charge is 0.191 e. The van der Waals surface area contributed by atoms with Crippen LogP contribution in [-0.4, -0.2) is 62.0 Å². The maximum atomic E-state index is 5.82. The molecule has 2 saturated heterocycles. The van der Waals surface area contributed by atoms with Crippen LogP contribution in [0.15, 0.2) is 29.3 Å². The van der Waals surface area contributed by atoms with Crippen LogP contribution in [-0.2, 0) is 22.6 Å². The molecule has 6 nitrogen and oxygen atoms in total. The minimum absolute atomic E-state index is 0.309. The van der Waals surface area contributed by atoms with E-state index in [4.69, 9.17) is 14.5 Å². The van der Waals surface area contributed by atoms with E-state index in [1.54, 1.807) is 0 Å². The molecule has 3 atom stereocenters. The lowest BCUT2D eigenvalue weighted by Crippen LogP contribution is -2.44. The molecule has 0 radical (unpaired) electrons. The zero-order valence-corrected chi connectivity index (χ0v) is 17.6. The number of morpholine rings is 1. The summed E-state index contributed by atoms with van der Waals surface area (Å²) in [4.78, 5) is 7.20.